The molecule has 2 N–H and O–H groups in total. The molecule has 9 heteroatoms. The number of hydrogen-bond acceptors (Lipinski definition) is 4. The number of halogens is 3. The number of amides is 1. The van der Waals surface area contributed by atoms with Gasteiger partial charge in [0.05, 0.1) is 21.3 Å². The highest BCUT2D eigenvalue weighted by Gasteiger charge is 2.16. The third kappa shape index (κ3) is 3.60. The molecule has 0 radical (unpaired) electrons. The quantitative estimate of drug-likeness (QED) is 0.888. The van der Waals surface area contributed by atoms with E-state index in [0.717, 1.165) is 0 Å². The molecule has 1 aromatic carbocycles. The Kier molecular flexibility index (Phi) is 4.62. The van der Waals surface area contributed by atoms with Gasteiger partial charge in [0, 0.05) is 0 Å². The van der Waals surface area contributed by atoms with Crippen molar-refractivity contribution in [2.75, 3.05) is 5.32 Å². The SMILES string of the molecule is O=C(O)c1cc(Cl)c(NC(=O)c2ccc(Cl)nn2)c(Cl)c1. The molecule has 0 spiro atoms. The Morgan fingerprint density at radius 3 is 2.14 bits per heavy atom. The van der Waals surface area contributed by atoms with E-state index in [4.69, 9.17) is 39.9 Å². The molecule has 0 bridgehead atoms. The van der Waals surface area contributed by atoms with Crippen LogP contribution < -0.4 is 5.32 Å². The summed E-state index contributed by atoms with van der Waals surface area (Å²) in [5.41, 5.74) is 0.00760. The highest BCUT2D eigenvalue weighted by Crippen LogP contribution is 2.32. The van der Waals surface area contributed by atoms with Gasteiger partial charge in [-0.15, -0.1) is 10.2 Å². The van der Waals surface area contributed by atoms with Gasteiger partial charge in [0.25, 0.3) is 5.91 Å². The van der Waals surface area contributed by atoms with E-state index in [-0.39, 0.29) is 32.1 Å². The summed E-state index contributed by atoms with van der Waals surface area (Å²) in [5.74, 6) is -1.79. The number of benzene rings is 1. The zero-order valence-corrected chi connectivity index (χ0v) is 12.4. The first-order chi connectivity index (χ1) is 9.88. The smallest absolute Gasteiger partial charge is 0.335 e. The molecular formula is C12H6Cl3N3O3. The number of anilines is 1. The molecule has 0 aliphatic rings. The summed E-state index contributed by atoms with van der Waals surface area (Å²) in [6, 6.07) is 5.14. The fraction of sp³-hybridized carbons (Fsp3) is 0. The summed E-state index contributed by atoms with van der Waals surface area (Å²) in [6.45, 7) is 0. The predicted octanol–water partition coefficient (Wildman–Crippen LogP) is 3.39. The van der Waals surface area contributed by atoms with E-state index in [1.165, 1.54) is 24.3 Å². The van der Waals surface area contributed by atoms with Gasteiger partial charge in [-0.25, -0.2) is 4.79 Å². The van der Waals surface area contributed by atoms with Crippen molar-refractivity contribution < 1.29 is 14.7 Å². The highest BCUT2D eigenvalue weighted by molar-refractivity contribution is 6.40. The van der Waals surface area contributed by atoms with Gasteiger partial charge in [0.1, 0.15) is 0 Å². The second-order valence-corrected chi connectivity index (χ2v) is 5.02. The van der Waals surface area contributed by atoms with Crippen LogP contribution in [0, 0.1) is 0 Å². The summed E-state index contributed by atoms with van der Waals surface area (Å²) >= 11 is 17.4. The van der Waals surface area contributed by atoms with Gasteiger partial charge in [0.15, 0.2) is 10.8 Å². The summed E-state index contributed by atoms with van der Waals surface area (Å²) < 4.78 is 0. The van der Waals surface area contributed by atoms with Crippen LogP contribution in [0.1, 0.15) is 20.8 Å². The van der Waals surface area contributed by atoms with E-state index < -0.39 is 11.9 Å². The number of carboxylic acid groups (broad SMARTS) is 1. The highest BCUT2D eigenvalue weighted by atomic mass is 35.5. The number of hydrogen-bond donors (Lipinski definition) is 2. The average molecular weight is 347 g/mol. The number of aromatic carboxylic acids is 1. The van der Waals surface area contributed by atoms with Crippen LogP contribution in [-0.4, -0.2) is 27.2 Å². The zero-order chi connectivity index (χ0) is 15.6. The van der Waals surface area contributed by atoms with Gasteiger partial charge >= 0.3 is 5.97 Å². The normalized spacial score (nSPS) is 10.2. The second kappa shape index (κ2) is 6.26. The maximum absolute atomic E-state index is 12.0. The van der Waals surface area contributed by atoms with Crippen molar-refractivity contribution in [3.8, 4) is 0 Å². The van der Waals surface area contributed by atoms with Crippen molar-refractivity contribution in [3.05, 3.63) is 50.7 Å². The van der Waals surface area contributed by atoms with E-state index in [9.17, 15) is 9.59 Å². The molecule has 0 unspecified atom stereocenters. The fourth-order valence-corrected chi connectivity index (χ4v) is 2.11. The molecule has 1 amide bonds. The second-order valence-electron chi connectivity index (χ2n) is 3.82. The first kappa shape index (κ1) is 15.5. The number of carbonyl (C=O) groups excluding carboxylic acids is 1. The Labute approximate surface area is 133 Å². The van der Waals surface area contributed by atoms with Crippen LogP contribution in [-0.2, 0) is 0 Å². The predicted molar refractivity (Wildman–Crippen MR) is 78.4 cm³/mol. The van der Waals surface area contributed by atoms with Crippen LogP contribution in [0.3, 0.4) is 0 Å². The Morgan fingerprint density at radius 2 is 1.67 bits per heavy atom. The molecule has 108 valence electrons. The molecule has 0 atom stereocenters. The number of nitrogens with zero attached hydrogens (tertiary/aromatic N) is 2. The largest absolute Gasteiger partial charge is 0.478 e. The topological polar surface area (TPSA) is 92.2 Å². The van der Waals surface area contributed by atoms with Crippen LogP contribution in [0.4, 0.5) is 5.69 Å². The van der Waals surface area contributed by atoms with Crippen LogP contribution >= 0.6 is 34.8 Å². The number of nitrogens with one attached hydrogen (secondary N) is 1. The third-order valence-corrected chi connectivity index (χ3v) is 3.19. The lowest BCUT2D eigenvalue weighted by Gasteiger charge is -2.09. The molecular weight excluding hydrogens is 341 g/mol. The molecule has 0 aliphatic heterocycles. The van der Waals surface area contributed by atoms with Crippen molar-refractivity contribution in [1.82, 2.24) is 10.2 Å². The number of carbonyl (C=O) groups is 2. The number of aromatic nitrogens is 2. The maximum Gasteiger partial charge on any atom is 0.335 e. The molecule has 0 fully saturated rings. The minimum Gasteiger partial charge on any atom is -0.478 e. The first-order valence-electron chi connectivity index (χ1n) is 5.41. The standard InChI is InChI=1S/C12H6Cl3N3O3/c13-6-3-5(12(20)21)4-7(14)10(6)16-11(19)8-1-2-9(15)18-17-8/h1-4H,(H,16,19)(H,20,21). The Hall–Kier alpha value is -1.89. The van der Waals surface area contributed by atoms with E-state index in [1.54, 1.807) is 0 Å². The summed E-state index contributed by atoms with van der Waals surface area (Å²) in [4.78, 5) is 22.8. The molecule has 0 saturated carbocycles. The molecule has 0 saturated heterocycles. The summed E-state index contributed by atoms with van der Waals surface area (Å²) in [7, 11) is 0. The summed E-state index contributed by atoms with van der Waals surface area (Å²) in [6.07, 6.45) is 0. The minimum absolute atomic E-state index is 0.00447. The summed E-state index contributed by atoms with van der Waals surface area (Å²) in [5, 5.41) is 18.6. The van der Waals surface area contributed by atoms with Gasteiger partial charge in [-0.1, -0.05) is 34.8 Å². The molecule has 0 aliphatic carbocycles. The molecule has 6 nitrogen and oxygen atoms in total. The van der Waals surface area contributed by atoms with Gasteiger partial charge in [-0.05, 0) is 24.3 Å². The lowest BCUT2D eigenvalue weighted by molar-refractivity contribution is 0.0696. The van der Waals surface area contributed by atoms with Crippen LogP contribution in [0.5, 0.6) is 0 Å². The van der Waals surface area contributed by atoms with E-state index in [2.05, 4.69) is 15.5 Å². The molecule has 2 rings (SSSR count). The fourth-order valence-electron chi connectivity index (χ4n) is 1.43. The first-order valence-corrected chi connectivity index (χ1v) is 6.55. The van der Waals surface area contributed by atoms with Gasteiger partial charge in [-0.2, -0.15) is 0 Å². The zero-order valence-electron chi connectivity index (χ0n) is 10.1. The lowest BCUT2D eigenvalue weighted by atomic mass is 10.2. The molecule has 2 aromatic rings. The van der Waals surface area contributed by atoms with Crippen molar-refractivity contribution >= 4 is 52.4 Å². The van der Waals surface area contributed by atoms with Crippen LogP contribution in [0.15, 0.2) is 24.3 Å². The van der Waals surface area contributed by atoms with Crippen molar-refractivity contribution in [2.45, 2.75) is 0 Å². The van der Waals surface area contributed by atoms with Crippen molar-refractivity contribution in [2.24, 2.45) is 0 Å². The lowest BCUT2D eigenvalue weighted by Crippen LogP contribution is -2.15. The molecule has 1 heterocycles. The van der Waals surface area contributed by atoms with Gasteiger partial charge in [-0.3, -0.25) is 4.79 Å². The van der Waals surface area contributed by atoms with E-state index in [0.29, 0.717) is 0 Å². The Morgan fingerprint density at radius 1 is 1.05 bits per heavy atom. The molecule has 21 heavy (non-hydrogen) atoms. The average Bonchev–Trinajstić information content (AvgIpc) is 2.43. The van der Waals surface area contributed by atoms with Crippen molar-refractivity contribution in [3.63, 3.8) is 0 Å². The third-order valence-electron chi connectivity index (χ3n) is 2.39. The number of carboxylic acids is 1. The monoisotopic (exact) mass is 345 g/mol. The Balaban J connectivity index is 2.29. The minimum atomic E-state index is -1.18. The van der Waals surface area contributed by atoms with Crippen LogP contribution in [0.2, 0.25) is 15.2 Å². The maximum atomic E-state index is 12.0. The van der Waals surface area contributed by atoms with Crippen molar-refractivity contribution in [1.29, 1.82) is 0 Å². The molecule has 1 aromatic heterocycles. The van der Waals surface area contributed by atoms with Crippen LogP contribution in [0.25, 0.3) is 0 Å². The van der Waals surface area contributed by atoms with E-state index in [1.807, 2.05) is 0 Å². The number of rotatable bonds is 3. The Bertz CT molecular complexity index is 696. The van der Waals surface area contributed by atoms with E-state index >= 15 is 0 Å². The van der Waals surface area contributed by atoms with Gasteiger partial charge < -0.3 is 10.4 Å². The van der Waals surface area contributed by atoms with Gasteiger partial charge in [0.2, 0.25) is 0 Å².